The number of aromatic amines is 1. The van der Waals surface area contributed by atoms with Crippen LogP contribution in [0.5, 0.6) is 0 Å². The van der Waals surface area contributed by atoms with E-state index in [9.17, 15) is 0 Å². The zero-order valence-corrected chi connectivity index (χ0v) is 27.7. The molecular formula is C46H36N2. The zero-order chi connectivity index (χ0) is 32.6. The Labute approximate surface area is 281 Å². The lowest BCUT2D eigenvalue weighted by molar-refractivity contribution is 0.720. The van der Waals surface area contributed by atoms with Gasteiger partial charge in [-0.25, -0.2) is 0 Å². The normalized spacial score (nSPS) is 13.2. The third kappa shape index (κ3) is 4.02. The molecule has 0 saturated carbocycles. The van der Waals surface area contributed by atoms with Crippen LogP contribution >= 0.6 is 0 Å². The average Bonchev–Trinajstić information content (AvgIpc) is 3.50. The number of benzene rings is 6. The Morgan fingerprint density at radius 1 is 0.438 bits per heavy atom. The monoisotopic (exact) mass is 616 g/mol. The number of aryl methyl sites for hydroxylation is 4. The highest BCUT2D eigenvalue weighted by Crippen LogP contribution is 2.49. The second-order valence-corrected chi connectivity index (χ2v) is 13.4. The van der Waals surface area contributed by atoms with Crippen LogP contribution in [0.25, 0.3) is 55.3 Å². The van der Waals surface area contributed by atoms with Gasteiger partial charge in [0.2, 0.25) is 0 Å². The van der Waals surface area contributed by atoms with Crippen LogP contribution in [0.2, 0.25) is 0 Å². The molecule has 3 heterocycles. The maximum atomic E-state index is 5.66. The third-order valence-electron chi connectivity index (χ3n) is 10.6. The molecule has 0 spiro atoms. The lowest BCUT2D eigenvalue weighted by Gasteiger charge is -2.36. The Bertz CT molecular complexity index is 2500. The first-order valence-electron chi connectivity index (χ1n) is 16.8. The van der Waals surface area contributed by atoms with E-state index < -0.39 is 5.41 Å². The van der Waals surface area contributed by atoms with Gasteiger partial charge in [-0.2, -0.15) is 0 Å². The quantitative estimate of drug-likeness (QED) is 0.206. The van der Waals surface area contributed by atoms with E-state index in [1.807, 2.05) is 0 Å². The van der Waals surface area contributed by atoms with E-state index in [0.717, 1.165) is 28.0 Å². The molecule has 2 heteroatoms. The molecular weight excluding hydrogens is 581 g/mol. The van der Waals surface area contributed by atoms with Gasteiger partial charge in [0.15, 0.2) is 0 Å². The molecule has 0 unspecified atom stereocenters. The summed E-state index contributed by atoms with van der Waals surface area (Å²) in [5.41, 5.74) is 18.3. The van der Waals surface area contributed by atoms with Crippen LogP contribution in [0.1, 0.15) is 44.6 Å². The number of nitrogens with one attached hydrogen (secondary N) is 1. The van der Waals surface area contributed by atoms with Gasteiger partial charge < -0.3 is 4.98 Å². The maximum absolute atomic E-state index is 5.66. The molecule has 48 heavy (non-hydrogen) atoms. The Morgan fingerprint density at radius 3 is 1.60 bits per heavy atom. The maximum Gasteiger partial charge on any atom is 0.0894 e. The summed E-state index contributed by atoms with van der Waals surface area (Å²) in [6.45, 7) is 8.93. The molecule has 230 valence electrons. The number of para-hydroxylation sites is 2. The van der Waals surface area contributed by atoms with Crippen molar-refractivity contribution in [3.8, 4) is 33.5 Å². The minimum Gasteiger partial charge on any atom is -0.354 e. The molecule has 0 amide bonds. The van der Waals surface area contributed by atoms with Crippen molar-refractivity contribution in [1.29, 1.82) is 0 Å². The smallest absolute Gasteiger partial charge is 0.0894 e. The summed E-state index contributed by atoms with van der Waals surface area (Å²) >= 11 is 0. The van der Waals surface area contributed by atoms with Gasteiger partial charge in [0.25, 0.3) is 0 Å². The van der Waals surface area contributed by atoms with E-state index in [0.29, 0.717) is 0 Å². The van der Waals surface area contributed by atoms with Crippen molar-refractivity contribution >= 4 is 21.8 Å². The Kier molecular flexibility index (Phi) is 6.32. The van der Waals surface area contributed by atoms with Gasteiger partial charge in [-0.05, 0) is 108 Å². The first-order valence-corrected chi connectivity index (χ1v) is 16.8. The van der Waals surface area contributed by atoms with Gasteiger partial charge in [-0.1, -0.05) is 115 Å². The fourth-order valence-corrected chi connectivity index (χ4v) is 8.42. The van der Waals surface area contributed by atoms with Crippen molar-refractivity contribution in [2.75, 3.05) is 0 Å². The van der Waals surface area contributed by atoms with Crippen LogP contribution in [0.15, 0.2) is 140 Å². The fourth-order valence-electron chi connectivity index (χ4n) is 8.42. The number of aromatic nitrogens is 2. The second-order valence-electron chi connectivity index (χ2n) is 13.4. The summed E-state index contributed by atoms with van der Waals surface area (Å²) in [6.07, 6.45) is 0. The number of rotatable bonds is 2. The lowest BCUT2D eigenvalue weighted by Crippen LogP contribution is -2.32. The molecule has 9 rings (SSSR count). The molecule has 8 aromatic rings. The molecule has 0 saturated heterocycles. The Morgan fingerprint density at radius 2 is 0.958 bits per heavy atom. The second kappa shape index (κ2) is 10.7. The molecule has 2 aromatic heterocycles. The molecule has 1 N–H and O–H groups in total. The van der Waals surface area contributed by atoms with Gasteiger partial charge in [0.05, 0.1) is 27.8 Å². The molecule has 8 bridgehead atoms. The van der Waals surface area contributed by atoms with E-state index in [1.165, 1.54) is 72.0 Å². The van der Waals surface area contributed by atoms with E-state index in [1.54, 1.807) is 0 Å². The van der Waals surface area contributed by atoms with E-state index in [-0.39, 0.29) is 0 Å². The third-order valence-corrected chi connectivity index (χ3v) is 10.6. The summed E-state index contributed by atoms with van der Waals surface area (Å²) in [6, 6.07) is 51.4. The molecule has 0 fully saturated rings. The first kappa shape index (κ1) is 28.5. The number of pyridine rings is 1. The minimum absolute atomic E-state index is 0.704. The molecule has 0 radical (unpaired) electrons. The topological polar surface area (TPSA) is 28.7 Å². The first-order chi connectivity index (χ1) is 23.4. The fraction of sp³-hybridized carbons (Fsp3) is 0.109. The molecule has 1 aliphatic rings. The van der Waals surface area contributed by atoms with Gasteiger partial charge >= 0.3 is 0 Å². The highest BCUT2D eigenvalue weighted by atomic mass is 14.8. The van der Waals surface area contributed by atoms with Gasteiger partial charge in [-0.15, -0.1) is 0 Å². The van der Waals surface area contributed by atoms with Crippen LogP contribution < -0.4 is 0 Å². The number of hydrogen-bond acceptors (Lipinski definition) is 1. The number of H-pyrrole nitrogens is 1. The van der Waals surface area contributed by atoms with Crippen LogP contribution in [0.4, 0.5) is 0 Å². The van der Waals surface area contributed by atoms with Crippen molar-refractivity contribution < 1.29 is 0 Å². The summed E-state index contributed by atoms with van der Waals surface area (Å²) in [5, 5.41) is 2.44. The largest absolute Gasteiger partial charge is 0.354 e. The Hall–Kier alpha value is -5.73. The predicted molar refractivity (Wildman–Crippen MR) is 201 cm³/mol. The van der Waals surface area contributed by atoms with Crippen LogP contribution in [0.3, 0.4) is 0 Å². The van der Waals surface area contributed by atoms with Crippen LogP contribution in [-0.2, 0) is 5.41 Å². The zero-order valence-electron chi connectivity index (χ0n) is 27.7. The number of fused-ring (bicyclic) bond motifs is 10. The highest BCUT2D eigenvalue weighted by Gasteiger charge is 2.41. The molecule has 6 aromatic carbocycles. The molecule has 0 atom stereocenters. The summed E-state index contributed by atoms with van der Waals surface area (Å²) in [7, 11) is 0. The lowest BCUT2D eigenvalue weighted by atomic mass is 9.66. The standard InChI is InChI=1S/C46H36N2/c1-28-24-29(2)38-26-37(28)36-19-11-18-34-35-20-12-21-41(45(35)48-44(34)36)46(32-14-7-5-8-15-32,33-16-9-6-10-17-33)43-23-13-22-42(47-43)40-27-39(38)30(3)25-31(40)4/h5-27,48H,1-4H3. The van der Waals surface area contributed by atoms with E-state index in [4.69, 9.17) is 4.98 Å². The summed E-state index contributed by atoms with van der Waals surface area (Å²) in [4.78, 5) is 9.70. The van der Waals surface area contributed by atoms with Crippen molar-refractivity contribution in [2.45, 2.75) is 33.1 Å². The average molecular weight is 617 g/mol. The summed E-state index contributed by atoms with van der Waals surface area (Å²) < 4.78 is 0. The van der Waals surface area contributed by atoms with Crippen molar-refractivity contribution in [2.24, 2.45) is 0 Å². The molecule has 1 aliphatic heterocycles. The predicted octanol–water partition coefficient (Wildman–Crippen LogP) is 11.6. The molecule has 0 aliphatic carbocycles. The molecule has 2 nitrogen and oxygen atoms in total. The SMILES string of the molecule is Cc1cc(C)c2cc1-c1cccc(n1)C(c1ccccc1)(c1ccccc1)c1cccc3c1[nH]c1c(cccc13)-c1cc-2c(C)cc1C. The highest BCUT2D eigenvalue weighted by molar-refractivity contribution is 6.13. The van der Waals surface area contributed by atoms with Crippen molar-refractivity contribution in [3.63, 3.8) is 0 Å². The van der Waals surface area contributed by atoms with E-state index >= 15 is 0 Å². The van der Waals surface area contributed by atoms with Crippen LogP contribution in [-0.4, -0.2) is 9.97 Å². The van der Waals surface area contributed by atoms with Gasteiger partial charge in [0.1, 0.15) is 0 Å². The van der Waals surface area contributed by atoms with Crippen molar-refractivity contribution in [1.82, 2.24) is 9.97 Å². The number of hydrogen-bond donors (Lipinski definition) is 1. The van der Waals surface area contributed by atoms with Gasteiger partial charge in [-0.3, -0.25) is 4.98 Å². The van der Waals surface area contributed by atoms with Crippen LogP contribution in [0, 0.1) is 27.7 Å². The summed E-state index contributed by atoms with van der Waals surface area (Å²) in [5.74, 6) is 0. The number of nitrogens with zero attached hydrogens (tertiary/aromatic N) is 1. The van der Waals surface area contributed by atoms with Gasteiger partial charge in [0, 0.05) is 21.9 Å². The Balaban J connectivity index is 1.54. The van der Waals surface area contributed by atoms with Crippen molar-refractivity contribution in [3.05, 3.63) is 184 Å². The van der Waals surface area contributed by atoms with E-state index in [2.05, 4.69) is 172 Å². The minimum atomic E-state index is -0.704.